The fraction of sp³-hybridized carbons (Fsp3) is 0.0909. The third-order valence-corrected chi connectivity index (χ3v) is 2.74. The Labute approximate surface area is 105 Å². The van der Waals surface area contributed by atoms with Crippen LogP contribution in [0.4, 0.5) is 8.78 Å². The highest BCUT2D eigenvalue weighted by molar-refractivity contribution is 9.10. The van der Waals surface area contributed by atoms with E-state index >= 15 is 0 Å². The normalized spacial score (nSPS) is 12.7. The molecular formula is C11H9BrF2N2O. The Hall–Kier alpha value is -1.24. The molecule has 1 aromatic heterocycles. The van der Waals surface area contributed by atoms with Crippen LogP contribution in [0.1, 0.15) is 17.4 Å². The summed E-state index contributed by atoms with van der Waals surface area (Å²) >= 11 is 3.14. The average Bonchev–Trinajstić information content (AvgIpc) is 2.69. The van der Waals surface area contributed by atoms with Crippen molar-refractivity contribution in [2.45, 2.75) is 6.04 Å². The smallest absolute Gasteiger partial charge is 0.169 e. The minimum absolute atomic E-state index is 0.218. The van der Waals surface area contributed by atoms with E-state index in [1.165, 1.54) is 12.1 Å². The van der Waals surface area contributed by atoms with E-state index < -0.39 is 17.7 Å². The Morgan fingerprint density at radius 2 is 2.00 bits per heavy atom. The summed E-state index contributed by atoms with van der Waals surface area (Å²) in [5.74, 6) is 4.49. The molecule has 1 aromatic carbocycles. The van der Waals surface area contributed by atoms with E-state index in [1.54, 1.807) is 12.1 Å². The van der Waals surface area contributed by atoms with Gasteiger partial charge in [0, 0.05) is 11.6 Å². The van der Waals surface area contributed by atoms with Crippen molar-refractivity contribution in [1.82, 2.24) is 5.43 Å². The number of benzene rings is 1. The van der Waals surface area contributed by atoms with Gasteiger partial charge in [-0.1, -0.05) is 6.07 Å². The van der Waals surface area contributed by atoms with Crippen molar-refractivity contribution in [3.63, 3.8) is 0 Å². The van der Waals surface area contributed by atoms with Crippen LogP contribution in [0.5, 0.6) is 0 Å². The number of nitrogens with two attached hydrogens (primary N) is 1. The molecule has 3 N–H and O–H groups in total. The second kappa shape index (κ2) is 4.95. The standard InChI is InChI=1S/C11H9BrF2N2O/c12-10-4-3-9(17-10)11(16-15)7-2-1-6(13)5-8(7)14/h1-5,11,16H,15H2. The average molecular weight is 303 g/mol. The summed E-state index contributed by atoms with van der Waals surface area (Å²) < 4.78 is 32.2. The molecule has 3 nitrogen and oxygen atoms in total. The molecule has 1 heterocycles. The fourth-order valence-corrected chi connectivity index (χ4v) is 1.86. The SMILES string of the molecule is NNC(c1ccc(Br)o1)c1ccc(F)cc1F. The molecule has 6 heteroatoms. The van der Waals surface area contributed by atoms with Crippen molar-refractivity contribution in [1.29, 1.82) is 0 Å². The highest BCUT2D eigenvalue weighted by Crippen LogP contribution is 2.27. The summed E-state index contributed by atoms with van der Waals surface area (Å²) in [4.78, 5) is 0. The number of halogens is 3. The molecule has 17 heavy (non-hydrogen) atoms. The van der Waals surface area contributed by atoms with E-state index in [-0.39, 0.29) is 5.56 Å². The second-order valence-electron chi connectivity index (χ2n) is 3.41. The maximum atomic E-state index is 13.6. The van der Waals surface area contributed by atoms with Crippen LogP contribution in [0.15, 0.2) is 39.4 Å². The number of nitrogens with one attached hydrogen (secondary N) is 1. The van der Waals surface area contributed by atoms with Crippen molar-refractivity contribution >= 4 is 15.9 Å². The maximum absolute atomic E-state index is 13.6. The van der Waals surface area contributed by atoms with Crippen molar-refractivity contribution in [2.75, 3.05) is 0 Å². The molecule has 0 aliphatic rings. The molecule has 0 aliphatic carbocycles. The first-order valence-corrected chi connectivity index (χ1v) is 5.57. The summed E-state index contributed by atoms with van der Waals surface area (Å²) in [6.07, 6.45) is 0. The van der Waals surface area contributed by atoms with E-state index in [4.69, 9.17) is 10.3 Å². The zero-order valence-electron chi connectivity index (χ0n) is 8.58. The minimum atomic E-state index is -0.680. The van der Waals surface area contributed by atoms with E-state index in [2.05, 4.69) is 21.4 Å². The van der Waals surface area contributed by atoms with Gasteiger partial charge < -0.3 is 4.42 Å². The van der Waals surface area contributed by atoms with Crippen LogP contribution in [0.3, 0.4) is 0 Å². The Morgan fingerprint density at radius 1 is 1.24 bits per heavy atom. The third kappa shape index (κ3) is 2.54. The van der Waals surface area contributed by atoms with E-state index in [0.29, 0.717) is 10.4 Å². The topological polar surface area (TPSA) is 51.2 Å². The van der Waals surface area contributed by atoms with Gasteiger partial charge in [0.1, 0.15) is 23.4 Å². The highest BCUT2D eigenvalue weighted by atomic mass is 79.9. The second-order valence-corrected chi connectivity index (χ2v) is 4.19. The summed E-state index contributed by atoms with van der Waals surface area (Å²) in [6.45, 7) is 0. The molecule has 2 aromatic rings. The summed E-state index contributed by atoms with van der Waals surface area (Å²) in [6, 6.07) is 5.95. The lowest BCUT2D eigenvalue weighted by atomic mass is 10.0. The van der Waals surface area contributed by atoms with Gasteiger partial charge in [0.25, 0.3) is 0 Å². The van der Waals surface area contributed by atoms with E-state index in [0.717, 1.165) is 6.07 Å². The first-order valence-electron chi connectivity index (χ1n) is 4.78. The summed E-state index contributed by atoms with van der Waals surface area (Å²) in [5, 5.41) is 0. The third-order valence-electron chi connectivity index (χ3n) is 2.32. The predicted molar refractivity (Wildman–Crippen MR) is 61.9 cm³/mol. The van der Waals surface area contributed by atoms with Crippen LogP contribution in [0, 0.1) is 11.6 Å². The van der Waals surface area contributed by atoms with Crippen LogP contribution < -0.4 is 11.3 Å². The van der Waals surface area contributed by atoms with Gasteiger partial charge in [-0.3, -0.25) is 5.84 Å². The Kier molecular flexibility index (Phi) is 3.56. The molecule has 90 valence electrons. The van der Waals surface area contributed by atoms with Gasteiger partial charge in [-0.05, 0) is 34.1 Å². The Morgan fingerprint density at radius 3 is 2.53 bits per heavy atom. The molecule has 0 saturated carbocycles. The molecule has 1 atom stereocenters. The van der Waals surface area contributed by atoms with Crippen LogP contribution >= 0.6 is 15.9 Å². The van der Waals surface area contributed by atoms with Crippen LogP contribution in [0.2, 0.25) is 0 Å². The number of hydrazine groups is 1. The van der Waals surface area contributed by atoms with Gasteiger partial charge in [-0.15, -0.1) is 0 Å². The molecule has 2 rings (SSSR count). The molecule has 1 unspecified atom stereocenters. The zero-order chi connectivity index (χ0) is 12.4. The lowest BCUT2D eigenvalue weighted by Gasteiger charge is -2.14. The largest absolute Gasteiger partial charge is 0.452 e. The van der Waals surface area contributed by atoms with Crippen LogP contribution in [0.25, 0.3) is 0 Å². The molecule has 0 bridgehead atoms. The highest BCUT2D eigenvalue weighted by Gasteiger charge is 2.20. The van der Waals surface area contributed by atoms with Crippen molar-refractivity contribution in [3.8, 4) is 0 Å². The van der Waals surface area contributed by atoms with Crippen LogP contribution in [-0.4, -0.2) is 0 Å². The monoisotopic (exact) mass is 302 g/mol. The number of hydrogen-bond acceptors (Lipinski definition) is 3. The maximum Gasteiger partial charge on any atom is 0.169 e. The van der Waals surface area contributed by atoms with E-state index in [9.17, 15) is 8.78 Å². The lowest BCUT2D eigenvalue weighted by Crippen LogP contribution is -2.29. The van der Waals surface area contributed by atoms with Crippen molar-refractivity contribution in [3.05, 3.63) is 58.0 Å². The molecular weight excluding hydrogens is 294 g/mol. The minimum Gasteiger partial charge on any atom is -0.452 e. The van der Waals surface area contributed by atoms with Gasteiger partial charge in [-0.25, -0.2) is 14.2 Å². The molecule has 0 amide bonds. The number of furan rings is 1. The van der Waals surface area contributed by atoms with Crippen molar-refractivity contribution in [2.24, 2.45) is 5.84 Å². The van der Waals surface area contributed by atoms with Gasteiger partial charge in [0.2, 0.25) is 0 Å². The Bertz CT molecular complexity index is 530. The van der Waals surface area contributed by atoms with E-state index in [1.807, 2.05) is 0 Å². The number of rotatable bonds is 3. The quantitative estimate of drug-likeness (QED) is 0.677. The predicted octanol–water partition coefficient (Wildman–Crippen LogP) is 2.87. The number of hydrogen-bond donors (Lipinski definition) is 2. The molecule has 0 fully saturated rings. The van der Waals surface area contributed by atoms with Crippen molar-refractivity contribution < 1.29 is 13.2 Å². The lowest BCUT2D eigenvalue weighted by molar-refractivity contribution is 0.427. The molecule has 0 radical (unpaired) electrons. The molecule has 0 aliphatic heterocycles. The Balaban J connectivity index is 2.42. The molecule has 0 spiro atoms. The first kappa shape index (κ1) is 12.2. The summed E-state index contributed by atoms with van der Waals surface area (Å²) in [7, 11) is 0. The summed E-state index contributed by atoms with van der Waals surface area (Å²) in [5.41, 5.74) is 2.65. The van der Waals surface area contributed by atoms with Gasteiger partial charge >= 0.3 is 0 Å². The van der Waals surface area contributed by atoms with Gasteiger partial charge in [-0.2, -0.15) is 0 Å². The van der Waals surface area contributed by atoms with Gasteiger partial charge in [0.15, 0.2) is 4.67 Å². The molecule has 0 saturated heterocycles. The fourth-order valence-electron chi connectivity index (χ4n) is 1.54. The van der Waals surface area contributed by atoms with Crippen LogP contribution in [-0.2, 0) is 0 Å². The van der Waals surface area contributed by atoms with Gasteiger partial charge in [0.05, 0.1) is 0 Å². The first-order chi connectivity index (χ1) is 8.11. The zero-order valence-corrected chi connectivity index (χ0v) is 10.2.